The van der Waals surface area contributed by atoms with Crippen molar-refractivity contribution < 1.29 is 9.47 Å². The van der Waals surface area contributed by atoms with E-state index in [1.54, 1.807) is 14.2 Å². The van der Waals surface area contributed by atoms with Gasteiger partial charge in [-0.3, -0.25) is 0 Å². The Kier molecular flexibility index (Phi) is 4.78. The first-order valence-corrected chi connectivity index (χ1v) is 7.36. The molecular weight excluding hydrogens is 246 g/mol. The molecule has 4 heteroatoms. The topological polar surface area (TPSA) is 30.5 Å². The van der Waals surface area contributed by atoms with E-state index in [0.717, 1.165) is 17.1 Å². The Balaban J connectivity index is 2.38. The molecule has 1 heterocycles. The number of ether oxygens (including phenoxy) is 2. The van der Waals surface area contributed by atoms with E-state index in [1.165, 1.54) is 18.6 Å². The average molecular weight is 267 g/mol. The van der Waals surface area contributed by atoms with Crippen LogP contribution in [-0.2, 0) is 0 Å². The second-order valence-electron chi connectivity index (χ2n) is 4.39. The molecule has 2 unspecified atom stereocenters. The number of hydrogen-bond acceptors (Lipinski definition) is 4. The first kappa shape index (κ1) is 13.6. The molecule has 0 radical (unpaired) electrons. The van der Waals surface area contributed by atoms with E-state index in [1.807, 2.05) is 37.0 Å². The molecule has 1 saturated heterocycles. The number of rotatable bonds is 5. The van der Waals surface area contributed by atoms with Crippen LogP contribution in [0.1, 0.15) is 24.4 Å². The van der Waals surface area contributed by atoms with Gasteiger partial charge in [-0.15, -0.1) is 0 Å². The predicted molar refractivity (Wildman–Crippen MR) is 76.8 cm³/mol. The number of nitrogens with one attached hydrogen (secondary N) is 1. The monoisotopic (exact) mass is 267 g/mol. The van der Waals surface area contributed by atoms with Gasteiger partial charge in [-0.05, 0) is 37.8 Å². The first-order chi connectivity index (χ1) is 8.81. The number of benzene rings is 1. The van der Waals surface area contributed by atoms with Gasteiger partial charge in [0, 0.05) is 5.25 Å². The second-order valence-corrected chi connectivity index (χ2v) is 5.74. The Bertz CT molecular complexity index is 369. The molecule has 1 aliphatic rings. The van der Waals surface area contributed by atoms with Gasteiger partial charge >= 0.3 is 0 Å². The van der Waals surface area contributed by atoms with Crippen molar-refractivity contribution in [3.63, 3.8) is 0 Å². The van der Waals surface area contributed by atoms with E-state index in [-0.39, 0.29) is 6.04 Å². The molecule has 2 rings (SSSR count). The zero-order chi connectivity index (χ0) is 13.0. The van der Waals surface area contributed by atoms with Gasteiger partial charge < -0.3 is 14.8 Å². The van der Waals surface area contributed by atoms with Crippen molar-refractivity contribution in [2.45, 2.75) is 24.1 Å². The van der Waals surface area contributed by atoms with Crippen molar-refractivity contribution in [2.24, 2.45) is 0 Å². The minimum atomic E-state index is 0.281. The molecule has 1 aromatic rings. The summed E-state index contributed by atoms with van der Waals surface area (Å²) in [5.41, 5.74) is 1.14. The summed E-state index contributed by atoms with van der Waals surface area (Å²) >= 11 is 2.03. The fourth-order valence-electron chi connectivity index (χ4n) is 2.57. The van der Waals surface area contributed by atoms with Crippen LogP contribution in [-0.4, -0.2) is 32.3 Å². The van der Waals surface area contributed by atoms with E-state index in [9.17, 15) is 0 Å². The van der Waals surface area contributed by atoms with Crippen LogP contribution in [0.4, 0.5) is 0 Å². The largest absolute Gasteiger partial charge is 0.496 e. The molecule has 1 aromatic carbocycles. The minimum absolute atomic E-state index is 0.281. The van der Waals surface area contributed by atoms with Gasteiger partial charge in [-0.25, -0.2) is 0 Å². The van der Waals surface area contributed by atoms with Crippen LogP contribution in [0, 0.1) is 0 Å². The Labute approximate surface area is 113 Å². The lowest BCUT2D eigenvalue weighted by Gasteiger charge is -2.26. The quantitative estimate of drug-likeness (QED) is 0.888. The molecule has 0 aromatic heterocycles. The lowest BCUT2D eigenvalue weighted by Crippen LogP contribution is -2.26. The van der Waals surface area contributed by atoms with Gasteiger partial charge in [0.2, 0.25) is 0 Å². The summed E-state index contributed by atoms with van der Waals surface area (Å²) in [6.07, 6.45) is 2.54. The third-order valence-corrected chi connectivity index (χ3v) is 4.89. The van der Waals surface area contributed by atoms with Crippen LogP contribution >= 0.6 is 11.8 Å². The maximum Gasteiger partial charge on any atom is 0.127 e. The average Bonchev–Trinajstić information content (AvgIpc) is 2.93. The van der Waals surface area contributed by atoms with Crippen molar-refractivity contribution in [1.29, 1.82) is 0 Å². The maximum atomic E-state index is 5.50. The van der Waals surface area contributed by atoms with Crippen LogP contribution < -0.4 is 14.8 Å². The lowest BCUT2D eigenvalue weighted by atomic mass is 9.99. The van der Waals surface area contributed by atoms with Gasteiger partial charge in [0.25, 0.3) is 0 Å². The lowest BCUT2D eigenvalue weighted by molar-refractivity contribution is 0.371. The van der Waals surface area contributed by atoms with Crippen molar-refractivity contribution in [1.82, 2.24) is 5.32 Å². The third-order valence-electron chi connectivity index (χ3n) is 3.42. The Hall–Kier alpha value is -0.870. The van der Waals surface area contributed by atoms with Gasteiger partial charge in [0.15, 0.2) is 0 Å². The Morgan fingerprint density at radius 3 is 2.39 bits per heavy atom. The molecule has 0 amide bonds. The summed E-state index contributed by atoms with van der Waals surface area (Å²) in [5.74, 6) is 3.06. The summed E-state index contributed by atoms with van der Waals surface area (Å²) in [4.78, 5) is 0. The standard InChI is InChI=1S/C14H21NO2S/c1-15-14(12-8-5-9-18-12)13-10(16-2)6-4-7-11(13)17-3/h4,6-7,12,14-15H,5,8-9H2,1-3H3. The zero-order valence-electron chi connectivity index (χ0n) is 11.2. The molecule has 0 saturated carbocycles. The van der Waals surface area contributed by atoms with Gasteiger partial charge in [-0.1, -0.05) is 6.07 Å². The normalized spacial score (nSPS) is 20.7. The van der Waals surface area contributed by atoms with Crippen LogP contribution in [0.25, 0.3) is 0 Å². The summed E-state index contributed by atoms with van der Waals surface area (Å²) < 4.78 is 11.0. The molecule has 0 aliphatic carbocycles. The van der Waals surface area contributed by atoms with Crippen molar-refractivity contribution in [3.05, 3.63) is 23.8 Å². The number of thioether (sulfide) groups is 1. The molecule has 100 valence electrons. The van der Waals surface area contributed by atoms with Crippen molar-refractivity contribution in [2.75, 3.05) is 27.0 Å². The molecule has 0 spiro atoms. The fraction of sp³-hybridized carbons (Fsp3) is 0.571. The van der Waals surface area contributed by atoms with E-state index >= 15 is 0 Å². The van der Waals surface area contributed by atoms with E-state index in [4.69, 9.17) is 9.47 Å². The molecule has 1 N–H and O–H groups in total. The van der Waals surface area contributed by atoms with E-state index in [0.29, 0.717) is 5.25 Å². The highest BCUT2D eigenvalue weighted by molar-refractivity contribution is 8.00. The van der Waals surface area contributed by atoms with Crippen LogP contribution in [0.5, 0.6) is 11.5 Å². The van der Waals surface area contributed by atoms with Crippen molar-refractivity contribution >= 4 is 11.8 Å². The SMILES string of the molecule is CNC(c1c(OC)cccc1OC)C1CCCS1. The minimum Gasteiger partial charge on any atom is -0.496 e. The third kappa shape index (κ3) is 2.59. The molecule has 2 atom stereocenters. The Morgan fingerprint density at radius 2 is 1.94 bits per heavy atom. The highest BCUT2D eigenvalue weighted by Crippen LogP contribution is 2.42. The maximum absolute atomic E-state index is 5.50. The highest BCUT2D eigenvalue weighted by Gasteiger charge is 2.30. The van der Waals surface area contributed by atoms with Gasteiger partial charge in [0.1, 0.15) is 11.5 Å². The molecule has 18 heavy (non-hydrogen) atoms. The number of methoxy groups -OCH3 is 2. The van der Waals surface area contributed by atoms with Gasteiger partial charge in [0.05, 0.1) is 25.8 Å². The fourth-order valence-corrected chi connectivity index (χ4v) is 4.00. The van der Waals surface area contributed by atoms with Crippen molar-refractivity contribution in [3.8, 4) is 11.5 Å². The van der Waals surface area contributed by atoms with E-state index in [2.05, 4.69) is 5.32 Å². The van der Waals surface area contributed by atoms with Gasteiger partial charge in [-0.2, -0.15) is 11.8 Å². The zero-order valence-corrected chi connectivity index (χ0v) is 12.0. The summed E-state index contributed by atoms with van der Waals surface area (Å²) in [7, 11) is 5.44. The summed E-state index contributed by atoms with van der Waals surface area (Å²) in [6, 6.07) is 6.25. The summed E-state index contributed by atoms with van der Waals surface area (Å²) in [6.45, 7) is 0. The van der Waals surface area contributed by atoms with Crippen LogP contribution in [0.15, 0.2) is 18.2 Å². The Morgan fingerprint density at radius 1 is 1.28 bits per heavy atom. The highest BCUT2D eigenvalue weighted by atomic mass is 32.2. The molecule has 1 fully saturated rings. The van der Waals surface area contributed by atoms with Crippen LogP contribution in [0.3, 0.4) is 0 Å². The molecule has 1 aliphatic heterocycles. The van der Waals surface area contributed by atoms with Crippen LogP contribution in [0.2, 0.25) is 0 Å². The molecule has 3 nitrogen and oxygen atoms in total. The second kappa shape index (κ2) is 6.34. The van der Waals surface area contributed by atoms with E-state index < -0.39 is 0 Å². The summed E-state index contributed by atoms with van der Waals surface area (Å²) in [5, 5.41) is 4.03. The predicted octanol–water partition coefficient (Wildman–Crippen LogP) is 2.86. The molecular formula is C14H21NO2S. The molecule has 0 bridgehead atoms. The first-order valence-electron chi connectivity index (χ1n) is 6.31. The number of hydrogen-bond donors (Lipinski definition) is 1. The smallest absolute Gasteiger partial charge is 0.127 e.